The van der Waals surface area contributed by atoms with E-state index in [4.69, 9.17) is 17.2 Å². The topological polar surface area (TPSA) is 220 Å². The number of primary amides is 1. The van der Waals surface area contributed by atoms with Crippen LogP contribution >= 0.6 is 12.6 Å². The number of nitrogens with two attached hydrogens (primary N) is 3. The molecule has 0 heterocycles. The van der Waals surface area contributed by atoms with E-state index in [0.717, 1.165) is 0 Å². The molecular weight excluding hydrogens is 440 g/mol. The fourth-order valence-corrected chi connectivity index (χ4v) is 3.01. The minimum Gasteiger partial charge on any atom is -0.480 e. The van der Waals surface area contributed by atoms with Gasteiger partial charge in [0.05, 0.1) is 12.5 Å². The van der Waals surface area contributed by atoms with Gasteiger partial charge in [-0.3, -0.25) is 19.2 Å². The lowest BCUT2D eigenvalue weighted by Crippen LogP contribution is -2.58. The number of nitrogens with one attached hydrogen (secondary N) is 3. The summed E-state index contributed by atoms with van der Waals surface area (Å²) in [5, 5.41) is 16.8. The van der Waals surface area contributed by atoms with Gasteiger partial charge in [0.2, 0.25) is 23.6 Å². The lowest BCUT2D eigenvalue weighted by Gasteiger charge is -2.26. The molecule has 0 bridgehead atoms. The summed E-state index contributed by atoms with van der Waals surface area (Å²) in [6.07, 6.45) is 1.46. The first-order valence-corrected chi connectivity index (χ1v) is 11.1. The van der Waals surface area contributed by atoms with E-state index in [0.29, 0.717) is 25.8 Å². The Balaban J connectivity index is 5.33. The third kappa shape index (κ3) is 10.8. The van der Waals surface area contributed by atoms with Crippen molar-refractivity contribution >= 4 is 42.2 Å². The van der Waals surface area contributed by atoms with Crippen molar-refractivity contribution in [2.45, 2.75) is 70.1 Å². The number of hydrogen-bond acceptors (Lipinski definition) is 8. The van der Waals surface area contributed by atoms with Gasteiger partial charge in [0.15, 0.2) is 0 Å². The number of carboxylic acid groups (broad SMARTS) is 1. The standard InChI is InChI=1S/C19H36N6O6S/c1-3-10(2)15(19(30)31)25-17(28)12(6-4-5-7-20)23-18(29)13(9-32)24-16(27)11(21)8-14(22)26/h10-13,15,32H,3-9,20-21H2,1-2H3,(H2,22,26)(H,23,29)(H,24,27)(H,25,28)(H,30,31). The molecule has 0 spiro atoms. The monoisotopic (exact) mass is 476 g/mol. The van der Waals surface area contributed by atoms with Crippen LogP contribution in [-0.4, -0.2) is 71.2 Å². The van der Waals surface area contributed by atoms with E-state index in [1.807, 2.05) is 0 Å². The van der Waals surface area contributed by atoms with E-state index >= 15 is 0 Å². The van der Waals surface area contributed by atoms with Gasteiger partial charge in [0.25, 0.3) is 0 Å². The summed E-state index contributed by atoms with van der Waals surface area (Å²) in [4.78, 5) is 60.0. The summed E-state index contributed by atoms with van der Waals surface area (Å²) in [5.41, 5.74) is 16.1. The number of aliphatic carboxylic acids is 1. The second-order valence-electron chi connectivity index (χ2n) is 7.58. The molecule has 10 N–H and O–H groups in total. The molecule has 0 radical (unpaired) electrons. The molecule has 0 saturated carbocycles. The zero-order valence-corrected chi connectivity index (χ0v) is 19.4. The van der Waals surface area contributed by atoms with Gasteiger partial charge in [-0.1, -0.05) is 20.3 Å². The van der Waals surface area contributed by atoms with E-state index in [9.17, 15) is 29.1 Å². The zero-order valence-electron chi connectivity index (χ0n) is 18.5. The van der Waals surface area contributed by atoms with Crippen LogP contribution < -0.4 is 33.2 Å². The fourth-order valence-electron chi connectivity index (χ4n) is 2.75. The maximum atomic E-state index is 12.8. The maximum absolute atomic E-state index is 12.8. The van der Waals surface area contributed by atoms with Crippen molar-refractivity contribution in [2.75, 3.05) is 12.3 Å². The zero-order chi connectivity index (χ0) is 24.8. The molecule has 0 aliphatic carbocycles. The van der Waals surface area contributed by atoms with Crippen LogP contribution in [0.3, 0.4) is 0 Å². The van der Waals surface area contributed by atoms with Crippen molar-refractivity contribution < 1.29 is 29.1 Å². The minimum atomic E-state index is -1.24. The van der Waals surface area contributed by atoms with Gasteiger partial charge in [-0.15, -0.1) is 0 Å². The summed E-state index contributed by atoms with van der Waals surface area (Å²) in [5.74, 6) is -4.52. The van der Waals surface area contributed by atoms with Crippen molar-refractivity contribution in [3.05, 3.63) is 0 Å². The van der Waals surface area contributed by atoms with Crippen LogP contribution in [0.1, 0.15) is 46.0 Å². The van der Waals surface area contributed by atoms with Crippen LogP contribution in [0.15, 0.2) is 0 Å². The summed E-state index contributed by atoms with van der Waals surface area (Å²) < 4.78 is 0. The lowest BCUT2D eigenvalue weighted by molar-refractivity contribution is -0.143. The van der Waals surface area contributed by atoms with Crippen LogP contribution in [0.25, 0.3) is 0 Å². The van der Waals surface area contributed by atoms with E-state index in [1.165, 1.54) is 0 Å². The second kappa shape index (κ2) is 15.4. The van der Waals surface area contributed by atoms with E-state index in [1.54, 1.807) is 13.8 Å². The largest absolute Gasteiger partial charge is 0.480 e. The van der Waals surface area contributed by atoms with Gasteiger partial charge in [0.1, 0.15) is 18.1 Å². The summed E-state index contributed by atoms with van der Waals surface area (Å²) >= 11 is 4.05. The highest BCUT2D eigenvalue weighted by molar-refractivity contribution is 7.80. The molecule has 13 heteroatoms. The number of thiol groups is 1. The van der Waals surface area contributed by atoms with E-state index in [2.05, 4.69) is 28.6 Å². The van der Waals surface area contributed by atoms with Crippen molar-refractivity contribution in [2.24, 2.45) is 23.1 Å². The highest BCUT2D eigenvalue weighted by Gasteiger charge is 2.31. The van der Waals surface area contributed by atoms with Crippen LogP contribution in [-0.2, 0) is 24.0 Å². The Morgan fingerprint density at radius 3 is 2.00 bits per heavy atom. The Kier molecular flexibility index (Phi) is 14.3. The van der Waals surface area contributed by atoms with Gasteiger partial charge < -0.3 is 38.3 Å². The Labute approximate surface area is 193 Å². The Bertz CT molecular complexity index is 664. The van der Waals surface area contributed by atoms with Crippen LogP contribution in [0.5, 0.6) is 0 Å². The normalized spacial score (nSPS) is 15.5. The third-order valence-electron chi connectivity index (χ3n) is 4.93. The molecule has 32 heavy (non-hydrogen) atoms. The van der Waals surface area contributed by atoms with Gasteiger partial charge in [-0.2, -0.15) is 12.6 Å². The molecule has 0 saturated heterocycles. The molecule has 0 fully saturated rings. The van der Waals surface area contributed by atoms with Gasteiger partial charge in [-0.25, -0.2) is 4.79 Å². The Morgan fingerprint density at radius 1 is 0.969 bits per heavy atom. The van der Waals surface area contributed by atoms with Crippen molar-refractivity contribution in [1.82, 2.24) is 16.0 Å². The SMILES string of the molecule is CCC(C)C(NC(=O)C(CCCCN)NC(=O)C(CS)NC(=O)C(N)CC(N)=O)C(=O)O. The predicted octanol–water partition coefficient (Wildman–Crippen LogP) is -2.17. The molecule has 5 unspecified atom stereocenters. The van der Waals surface area contributed by atoms with Crippen LogP contribution in [0.4, 0.5) is 0 Å². The van der Waals surface area contributed by atoms with Gasteiger partial charge in [-0.05, 0) is 31.7 Å². The molecule has 4 amide bonds. The molecule has 0 aromatic rings. The van der Waals surface area contributed by atoms with Crippen molar-refractivity contribution in [3.8, 4) is 0 Å². The Morgan fingerprint density at radius 2 is 1.53 bits per heavy atom. The smallest absolute Gasteiger partial charge is 0.326 e. The molecule has 0 rings (SSSR count). The minimum absolute atomic E-state index is 0.109. The van der Waals surface area contributed by atoms with Gasteiger partial charge >= 0.3 is 5.97 Å². The summed E-state index contributed by atoms with van der Waals surface area (Å²) in [6.45, 7) is 3.89. The number of hydrogen-bond donors (Lipinski definition) is 8. The maximum Gasteiger partial charge on any atom is 0.326 e. The second-order valence-corrected chi connectivity index (χ2v) is 7.94. The number of carbonyl (C=O) groups is 5. The molecule has 184 valence electrons. The first-order chi connectivity index (χ1) is 15.0. The summed E-state index contributed by atoms with van der Waals surface area (Å²) in [6, 6.07) is -4.54. The van der Waals surface area contributed by atoms with Crippen molar-refractivity contribution in [3.63, 3.8) is 0 Å². The van der Waals surface area contributed by atoms with Crippen LogP contribution in [0.2, 0.25) is 0 Å². The number of unbranched alkanes of at least 4 members (excludes halogenated alkanes) is 1. The highest BCUT2D eigenvalue weighted by Crippen LogP contribution is 2.10. The molecule has 0 aromatic heterocycles. The molecule has 0 aliphatic rings. The average Bonchev–Trinajstić information content (AvgIpc) is 2.73. The van der Waals surface area contributed by atoms with E-state index < -0.39 is 60.2 Å². The highest BCUT2D eigenvalue weighted by atomic mass is 32.1. The average molecular weight is 477 g/mol. The Hall–Kier alpha value is -2.38. The molecule has 0 aliphatic heterocycles. The third-order valence-corrected chi connectivity index (χ3v) is 5.30. The van der Waals surface area contributed by atoms with Gasteiger partial charge in [0, 0.05) is 5.75 Å². The number of carbonyl (C=O) groups excluding carboxylic acids is 4. The number of amides is 4. The lowest BCUT2D eigenvalue weighted by atomic mass is 9.98. The van der Waals surface area contributed by atoms with Crippen molar-refractivity contribution in [1.29, 1.82) is 0 Å². The first-order valence-electron chi connectivity index (χ1n) is 10.5. The quantitative estimate of drug-likeness (QED) is 0.0902. The molecule has 0 aromatic carbocycles. The molecule has 5 atom stereocenters. The van der Waals surface area contributed by atoms with Crippen LogP contribution in [0, 0.1) is 5.92 Å². The fraction of sp³-hybridized carbons (Fsp3) is 0.737. The molecule has 12 nitrogen and oxygen atoms in total. The first kappa shape index (κ1) is 29.6. The number of carboxylic acids is 1. The predicted molar refractivity (Wildman–Crippen MR) is 121 cm³/mol. The molecular formula is C19H36N6O6S. The summed E-state index contributed by atoms with van der Waals surface area (Å²) in [7, 11) is 0. The van der Waals surface area contributed by atoms with E-state index in [-0.39, 0.29) is 18.1 Å². The number of rotatable bonds is 16.